The molecule has 0 aliphatic rings. The largest absolute Gasteiger partial charge is 0.497 e. The zero-order chi connectivity index (χ0) is 13.8. The molecule has 4 heteroatoms. The summed E-state index contributed by atoms with van der Waals surface area (Å²) in [5, 5.41) is 9.06. The van der Waals surface area contributed by atoms with E-state index in [4.69, 9.17) is 14.7 Å². The topological polar surface area (TPSA) is 59.3 Å². The molecule has 0 spiro atoms. The molecule has 1 unspecified atom stereocenters. The van der Waals surface area contributed by atoms with Crippen molar-refractivity contribution in [1.82, 2.24) is 0 Å². The molecule has 0 fully saturated rings. The van der Waals surface area contributed by atoms with Crippen LogP contribution in [0.4, 0.5) is 0 Å². The van der Waals surface area contributed by atoms with Crippen LogP contribution in [0, 0.1) is 16.7 Å². The van der Waals surface area contributed by atoms with E-state index in [9.17, 15) is 4.79 Å². The highest BCUT2D eigenvalue weighted by molar-refractivity contribution is 5.75. The number of hydrogen-bond donors (Lipinski definition) is 0. The first-order valence-electron chi connectivity index (χ1n) is 5.63. The highest BCUT2D eigenvalue weighted by Crippen LogP contribution is 2.24. The zero-order valence-electron chi connectivity index (χ0n) is 11.1. The number of esters is 1. The minimum atomic E-state index is -0.886. The predicted octanol–water partition coefficient (Wildman–Crippen LogP) is 2.85. The van der Waals surface area contributed by atoms with Gasteiger partial charge in [0, 0.05) is 5.56 Å². The van der Waals surface area contributed by atoms with Crippen LogP contribution in [0.2, 0.25) is 0 Å². The van der Waals surface area contributed by atoms with Gasteiger partial charge < -0.3 is 9.47 Å². The Balaban J connectivity index is 2.84. The number of methoxy groups -OCH3 is 1. The van der Waals surface area contributed by atoms with Crippen LogP contribution in [0.5, 0.6) is 5.75 Å². The van der Waals surface area contributed by atoms with Crippen LogP contribution < -0.4 is 4.74 Å². The molecule has 0 amide bonds. The summed E-state index contributed by atoms with van der Waals surface area (Å²) < 4.78 is 10.2. The van der Waals surface area contributed by atoms with Crippen molar-refractivity contribution in [1.29, 1.82) is 5.26 Å². The van der Waals surface area contributed by atoms with Crippen LogP contribution in [0.15, 0.2) is 24.3 Å². The van der Waals surface area contributed by atoms with E-state index in [1.165, 1.54) is 0 Å². The second kappa shape index (κ2) is 5.54. The number of nitrogens with zero attached hydrogens (tertiary/aromatic N) is 1. The van der Waals surface area contributed by atoms with Crippen molar-refractivity contribution in [3.63, 3.8) is 0 Å². The Morgan fingerprint density at radius 1 is 1.28 bits per heavy atom. The zero-order valence-corrected chi connectivity index (χ0v) is 11.1. The van der Waals surface area contributed by atoms with Crippen LogP contribution in [0.3, 0.4) is 0 Å². The van der Waals surface area contributed by atoms with Crippen molar-refractivity contribution in [2.24, 2.45) is 5.41 Å². The Bertz CT molecular complexity index is 451. The van der Waals surface area contributed by atoms with Gasteiger partial charge in [0.05, 0.1) is 12.5 Å². The van der Waals surface area contributed by atoms with E-state index >= 15 is 0 Å². The molecule has 18 heavy (non-hydrogen) atoms. The van der Waals surface area contributed by atoms with Gasteiger partial charge in [0.25, 0.3) is 0 Å². The number of carbonyl (C=O) groups excluding carboxylic acids is 1. The lowest BCUT2D eigenvalue weighted by molar-refractivity contribution is -0.156. The third-order valence-electron chi connectivity index (χ3n) is 2.37. The number of nitriles is 1. The molecule has 96 valence electrons. The number of ether oxygens (including phenoxy) is 2. The summed E-state index contributed by atoms with van der Waals surface area (Å²) >= 11 is 0. The standard InChI is InChI=1S/C14H17NO3/c1-14(2,3)13(16)18-12(9-15)10-5-7-11(17-4)8-6-10/h5-8,12H,1-4H3. The third kappa shape index (κ3) is 3.49. The highest BCUT2D eigenvalue weighted by atomic mass is 16.5. The molecule has 0 aliphatic carbocycles. The van der Waals surface area contributed by atoms with E-state index in [0.717, 1.165) is 0 Å². The van der Waals surface area contributed by atoms with Gasteiger partial charge in [-0.25, -0.2) is 0 Å². The average molecular weight is 247 g/mol. The van der Waals surface area contributed by atoms with E-state index < -0.39 is 17.5 Å². The van der Waals surface area contributed by atoms with Crippen LogP contribution >= 0.6 is 0 Å². The molecule has 0 N–H and O–H groups in total. The van der Waals surface area contributed by atoms with Crippen molar-refractivity contribution in [3.8, 4) is 11.8 Å². The van der Waals surface area contributed by atoms with Crippen LogP contribution in [0.25, 0.3) is 0 Å². The van der Waals surface area contributed by atoms with Gasteiger partial charge in [-0.3, -0.25) is 4.79 Å². The summed E-state index contributed by atoms with van der Waals surface area (Å²) in [6.07, 6.45) is -0.886. The Morgan fingerprint density at radius 2 is 1.83 bits per heavy atom. The fourth-order valence-corrected chi connectivity index (χ4v) is 1.23. The highest BCUT2D eigenvalue weighted by Gasteiger charge is 2.27. The van der Waals surface area contributed by atoms with Gasteiger partial charge >= 0.3 is 5.97 Å². The molecule has 4 nitrogen and oxygen atoms in total. The Hall–Kier alpha value is -2.02. The molecular weight excluding hydrogens is 230 g/mol. The molecule has 0 heterocycles. The van der Waals surface area contributed by atoms with E-state index in [-0.39, 0.29) is 0 Å². The second-order valence-corrected chi connectivity index (χ2v) is 4.94. The van der Waals surface area contributed by atoms with Crippen LogP contribution in [-0.2, 0) is 9.53 Å². The minimum absolute atomic E-state index is 0.398. The van der Waals surface area contributed by atoms with Gasteiger partial charge in [0.1, 0.15) is 11.8 Å². The van der Waals surface area contributed by atoms with E-state index in [2.05, 4.69) is 0 Å². The molecule has 0 aromatic heterocycles. The fraction of sp³-hybridized carbons (Fsp3) is 0.429. The molecule has 0 bridgehead atoms. The molecule has 0 saturated heterocycles. The summed E-state index contributed by atoms with van der Waals surface area (Å²) in [5.41, 5.74) is 0.0117. The Labute approximate surface area is 107 Å². The number of benzene rings is 1. The lowest BCUT2D eigenvalue weighted by Crippen LogP contribution is -2.24. The molecule has 1 aromatic carbocycles. The molecule has 1 aromatic rings. The monoisotopic (exact) mass is 247 g/mol. The minimum Gasteiger partial charge on any atom is -0.497 e. The van der Waals surface area contributed by atoms with Gasteiger partial charge in [0.15, 0.2) is 0 Å². The average Bonchev–Trinajstić information content (AvgIpc) is 2.34. The summed E-state index contributed by atoms with van der Waals surface area (Å²) in [6, 6.07) is 8.85. The van der Waals surface area contributed by atoms with Gasteiger partial charge in [-0.05, 0) is 32.9 Å². The van der Waals surface area contributed by atoms with Gasteiger partial charge in [-0.2, -0.15) is 5.26 Å². The quantitative estimate of drug-likeness (QED) is 0.770. The second-order valence-electron chi connectivity index (χ2n) is 4.94. The summed E-state index contributed by atoms with van der Waals surface area (Å²) in [4.78, 5) is 11.7. The van der Waals surface area contributed by atoms with Gasteiger partial charge in [0.2, 0.25) is 6.10 Å². The maximum Gasteiger partial charge on any atom is 0.312 e. The van der Waals surface area contributed by atoms with Crippen molar-refractivity contribution in [2.75, 3.05) is 7.11 Å². The predicted molar refractivity (Wildman–Crippen MR) is 66.9 cm³/mol. The molecule has 1 rings (SSSR count). The van der Waals surface area contributed by atoms with Crippen molar-refractivity contribution >= 4 is 5.97 Å². The molecule has 0 radical (unpaired) electrons. The lowest BCUT2D eigenvalue weighted by Gasteiger charge is -2.19. The number of hydrogen-bond acceptors (Lipinski definition) is 4. The van der Waals surface area contributed by atoms with Crippen molar-refractivity contribution in [3.05, 3.63) is 29.8 Å². The summed E-state index contributed by atoms with van der Waals surface area (Å²) in [7, 11) is 1.57. The first-order valence-corrected chi connectivity index (χ1v) is 5.63. The maximum atomic E-state index is 11.7. The SMILES string of the molecule is COc1ccc(C(C#N)OC(=O)C(C)(C)C)cc1. The Morgan fingerprint density at radius 3 is 2.22 bits per heavy atom. The van der Waals surface area contributed by atoms with E-state index in [0.29, 0.717) is 11.3 Å². The fourth-order valence-electron chi connectivity index (χ4n) is 1.23. The van der Waals surface area contributed by atoms with Crippen LogP contribution in [0.1, 0.15) is 32.4 Å². The Kier molecular flexibility index (Phi) is 4.33. The van der Waals surface area contributed by atoms with E-state index in [1.807, 2.05) is 6.07 Å². The smallest absolute Gasteiger partial charge is 0.312 e. The maximum absolute atomic E-state index is 11.7. The summed E-state index contributed by atoms with van der Waals surface area (Å²) in [6.45, 7) is 5.24. The van der Waals surface area contributed by atoms with Crippen LogP contribution in [-0.4, -0.2) is 13.1 Å². The van der Waals surface area contributed by atoms with E-state index in [1.54, 1.807) is 52.1 Å². The molecule has 1 atom stereocenters. The third-order valence-corrected chi connectivity index (χ3v) is 2.37. The first-order chi connectivity index (χ1) is 8.38. The molecular formula is C14H17NO3. The summed E-state index contributed by atoms with van der Waals surface area (Å²) in [5.74, 6) is 0.294. The normalized spacial score (nSPS) is 12.4. The van der Waals surface area contributed by atoms with Gasteiger partial charge in [-0.1, -0.05) is 12.1 Å². The molecule has 0 saturated carbocycles. The lowest BCUT2D eigenvalue weighted by atomic mass is 9.97. The van der Waals surface area contributed by atoms with Gasteiger partial charge in [-0.15, -0.1) is 0 Å². The van der Waals surface area contributed by atoms with Crippen molar-refractivity contribution in [2.45, 2.75) is 26.9 Å². The molecule has 0 aliphatic heterocycles. The number of carbonyl (C=O) groups is 1. The number of rotatable bonds is 3. The van der Waals surface area contributed by atoms with Crippen molar-refractivity contribution < 1.29 is 14.3 Å². The first kappa shape index (κ1) is 14.0.